The van der Waals surface area contributed by atoms with Crippen molar-refractivity contribution in [3.8, 4) is 33.4 Å². The highest BCUT2D eigenvalue weighted by molar-refractivity contribution is 6.00. The molecule has 0 spiro atoms. The molecule has 59 heavy (non-hydrogen) atoms. The molecule has 2 aliphatic rings. The van der Waals surface area contributed by atoms with Crippen molar-refractivity contribution in [3.63, 3.8) is 0 Å². The summed E-state index contributed by atoms with van der Waals surface area (Å²) in [6.45, 7) is 8.81. The lowest BCUT2D eigenvalue weighted by atomic mass is 9.67. The fraction of sp³-hybridized carbons (Fsp3) is 0.125. The molecule has 2 N–H and O–H groups in total. The average molecular weight is 762 g/mol. The first kappa shape index (κ1) is 36.5. The van der Waals surface area contributed by atoms with Crippen molar-refractivity contribution < 1.29 is 0 Å². The zero-order valence-corrected chi connectivity index (χ0v) is 34.0. The number of amidine groups is 1. The number of nitrogens with zero attached hydrogens (tertiary/aromatic N) is 1. The molecular formula is C56H47N3. The number of aryl methyl sites for hydroxylation is 4. The van der Waals surface area contributed by atoms with Crippen molar-refractivity contribution in [1.29, 1.82) is 0 Å². The lowest BCUT2D eigenvalue weighted by Gasteiger charge is -2.35. The van der Waals surface area contributed by atoms with E-state index in [2.05, 4.69) is 226 Å². The van der Waals surface area contributed by atoms with E-state index in [0.717, 1.165) is 17.0 Å². The fourth-order valence-electron chi connectivity index (χ4n) is 9.82. The zero-order chi connectivity index (χ0) is 40.1. The highest BCUT2D eigenvalue weighted by atomic mass is 15.3. The first-order valence-corrected chi connectivity index (χ1v) is 20.7. The Bertz CT molecular complexity index is 2850. The smallest absolute Gasteiger partial charge is 0.131 e. The summed E-state index contributed by atoms with van der Waals surface area (Å²) in [5.74, 6) is 0.875. The lowest BCUT2D eigenvalue weighted by molar-refractivity contribution is 0.409. The predicted octanol–water partition coefficient (Wildman–Crippen LogP) is 13.0. The van der Waals surface area contributed by atoms with Crippen molar-refractivity contribution in [3.05, 3.63) is 249 Å². The number of hydrogen-bond acceptors (Lipinski definition) is 3. The quantitative estimate of drug-likeness (QED) is 0.170. The van der Waals surface area contributed by atoms with Crippen LogP contribution in [0.4, 0.5) is 0 Å². The van der Waals surface area contributed by atoms with Crippen LogP contribution >= 0.6 is 0 Å². The Balaban J connectivity index is 1.15. The van der Waals surface area contributed by atoms with Gasteiger partial charge in [0.25, 0.3) is 0 Å². The number of benzene rings is 8. The Morgan fingerprint density at radius 1 is 0.441 bits per heavy atom. The van der Waals surface area contributed by atoms with E-state index in [0.29, 0.717) is 0 Å². The van der Waals surface area contributed by atoms with E-state index in [1.165, 1.54) is 83.5 Å². The number of hydrogen-bond donors (Lipinski definition) is 2. The van der Waals surface area contributed by atoms with E-state index in [-0.39, 0.29) is 12.3 Å². The Morgan fingerprint density at radius 2 is 0.966 bits per heavy atom. The minimum Gasteiger partial charge on any atom is -0.350 e. The molecule has 8 aromatic carbocycles. The summed E-state index contributed by atoms with van der Waals surface area (Å²) in [6, 6.07) is 68.8. The first-order valence-electron chi connectivity index (χ1n) is 20.7. The number of rotatable bonds is 7. The van der Waals surface area contributed by atoms with Crippen LogP contribution in [0.15, 0.2) is 193 Å². The Morgan fingerprint density at radius 3 is 1.58 bits per heavy atom. The summed E-state index contributed by atoms with van der Waals surface area (Å²) in [4.78, 5) is 5.60. The SMILES string of the molecule is Cc1ccccc1-c1ccc(C2=NC(c3cccc4c3-c3ccccc3C4(c3ccccc3)c3ccccc3)NC(c3ccc(-c4ccccc4C)c(C)c3)N2)cc1C. The standard InChI is InChI=1S/C56H47N3/c1-36-18-11-13-24-44(36)46-32-30-40(34-38(46)3)53-57-54(41-31-33-47(39(4)35-41)45-25-14-12-19-37(45)2)59-55(58-53)49-27-17-29-51-52(49)48-26-15-16-28-50(48)56(51,42-20-7-5-8-21-42)43-22-9-6-10-23-43/h5-35,53,55,58H,1-4H3,(H,57,59). The van der Waals surface area contributed by atoms with Gasteiger partial charge in [0, 0.05) is 5.56 Å². The largest absolute Gasteiger partial charge is 0.350 e. The molecule has 3 heteroatoms. The van der Waals surface area contributed by atoms with Gasteiger partial charge in [0.1, 0.15) is 18.2 Å². The third-order valence-electron chi connectivity index (χ3n) is 12.6. The van der Waals surface area contributed by atoms with Gasteiger partial charge in [-0.25, -0.2) is 4.99 Å². The summed E-state index contributed by atoms with van der Waals surface area (Å²) in [7, 11) is 0. The third-order valence-corrected chi connectivity index (χ3v) is 12.6. The molecule has 286 valence electrons. The second kappa shape index (κ2) is 14.8. The minimum absolute atomic E-state index is 0.200. The van der Waals surface area contributed by atoms with Crippen molar-refractivity contribution in [2.24, 2.45) is 4.99 Å². The van der Waals surface area contributed by atoms with Gasteiger partial charge in [0.2, 0.25) is 0 Å². The van der Waals surface area contributed by atoms with Crippen LogP contribution in [0.25, 0.3) is 33.4 Å². The Hall–Kier alpha value is -6.81. The number of fused-ring (bicyclic) bond motifs is 3. The summed E-state index contributed by atoms with van der Waals surface area (Å²) >= 11 is 0. The van der Waals surface area contributed by atoms with Gasteiger partial charge in [-0.2, -0.15) is 0 Å². The molecule has 0 aromatic heterocycles. The normalized spacial score (nSPS) is 16.4. The molecule has 0 fully saturated rings. The molecule has 1 aliphatic carbocycles. The minimum atomic E-state index is -0.492. The molecule has 0 radical (unpaired) electrons. The summed E-state index contributed by atoms with van der Waals surface area (Å²) in [6.07, 6.45) is -0.539. The van der Waals surface area contributed by atoms with Crippen molar-refractivity contribution >= 4 is 5.84 Å². The van der Waals surface area contributed by atoms with Gasteiger partial charge >= 0.3 is 0 Å². The molecule has 0 bridgehead atoms. The summed E-state index contributed by atoms with van der Waals surface area (Å²) in [5, 5.41) is 7.89. The second-order valence-electron chi connectivity index (χ2n) is 16.2. The van der Waals surface area contributed by atoms with Crippen LogP contribution in [0.1, 0.15) is 73.5 Å². The van der Waals surface area contributed by atoms with E-state index in [4.69, 9.17) is 4.99 Å². The van der Waals surface area contributed by atoms with Crippen LogP contribution in [0, 0.1) is 27.7 Å². The molecule has 1 heterocycles. The molecule has 0 amide bonds. The van der Waals surface area contributed by atoms with E-state index < -0.39 is 5.41 Å². The highest BCUT2D eigenvalue weighted by Crippen LogP contribution is 2.57. The van der Waals surface area contributed by atoms with Gasteiger partial charge in [0.05, 0.1) is 5.41 Å². The maximum atomic E-state index is 5.60. The highest BCUT2D eigenvalue weighted by Gasteiger charge is 2.47. The molecule has 0 saturated heterocycles. The van der Waals surface area contributed by atoms with Crippen LogP contribution in [-0.2, 0) is 5.41 Å². The van der Waals surface area contributed by atoms with E-state index >= 15 is 0 Å². The predicted molar refractivity (Wildman–Crippen MR) is 245 cm³/mol. The van der Waals surface area contributed by atoms with Crippen LogP contribution in [-0.4, -0.2) is 5.84 Å². The zero-order valence-electron chi connectivity index (χ0n) is 34.0. The lowest BCUT2D eigenvalue weighted by Crippen LogP contribution is -2.45. The summed E-state index contributed by atoms with van der Waals surface area (Å²) in [5.41, 5.74) is 20.5. The van der Waals surface area contributed by atoms with Crippen molar-refractivity contribution in [2.45, 2.75) is 45.4 Å². The van der Waals surface area contributed by atoms with E-state index in [1.807, 2.05) is 0 Å². The monoisotopic (exact) mass is 761 g/mol. The second-order valence-corrected chi connectivity index (χ2v) is 16.2. The van der Waals surface area contributed by atoms with Gasteiger partial charge in [-0.1, -0.05) is 182 Å². The maximum absolute atomic E-state index is 5.60. The molecule has 0 saturated carbocycles. The molecular weight excluding hydrogens is 715 g/mol. The van der Waals surface area contributed by atoms with Gasteiger partial charge in [0.15, 0.2) is 0 Å². The van der Waals surface area contributed by atoms with Gasteiger partial charge in [-0.15, -0.1) is 0 Å². The molecule has 2 unspecified atom stereocenters. The molecule has 2 atom stereocenters. The molecule has 3 nitrogen and oxygen atoms in total. The first-order chi connectivity index (χ1) is 28.9. The molecule has 8 aromatic rings. The van der Waals surface area contributed by atoms with Gasteiger partial charge in [-0.3, -0.25) is 5.32 Å². The van der Waals surface area contributed by atoms with Crippen LogP contribution in [0.5, 0.6) is 0 Å². The number of nitrogens with one attached hydrogen (secondary N) is 2. The van der Waals surface area contributed by atoms with Crippen LogP contribution in [0.3, 0.4) is 0 Å². The van der Waals surface area contributed by atoms with Gasteiger partial charge in [-0.05, 0) is 123 Å². The van der Waals surface area contributed by atoms with Crippen molar-refractivity contribution in [1.82, 2.24) is 10.6 Å². The van der Waals surface area contributed by atoms with Crippen molar-refractivity contribution in [2.75, 3.05) is 0 Å². The van der Waals surface area contributed by atoms with Gasteiger partial charge < -0.3 is 5.32 Å². The van der Waals surface area contributed by atoms with E-state index in [9.17, 15) is 0 Å². The average Bonchev–Trinajstić information content (AvgIpc) is 3.59. The number of aliphatic imine (C=N–C) groups is 1. The molecule has 1 aliphatic heterocycles. The third kappa shape index (κ3) is 6.13. The summed E-state index contributed by atoms with van der Waals surface area (Å²) < 4.78 is 0. The van der Waals surface area contributed by atoms with E-state index in [1.54, 1.807) is 0 Å². The topological polar surface area (TPSA) is 36.4 Å². The van der Waals surface area contributed by atoms with Crippen LogP contribution < -0.4 is 10.6 Å². The Labute approximate surface area is 348 Å². The molecule has 10 rings (SSSR count). The van der Waals surface area contributed by atoms with Crippen LogP contribution in [0.2, 0.25) is 0 Å². The maximum Gasteiger partial charge on any atom is 0.131 e. The fourth-order valence-corrected chi connectivity index (χ4v) is 9.82. The Kier molecular flexibility index (Phi) is 9.19.